The molecule has 0 spiro atoms. The summed E-state index contributed by atoms with van der Waals surface area (Å²) in [5, 5.41) is 6.22. The number of piperazine rings is 1. The average Bonchev–Trinajstić information content (AvgIpc) is 2.24. The van der Waals surface area contributed by atoms with Crippen molar-refractivity contribution >= 4 is 5.91 Å². The first-order chi connectivity index (χ1) is 7.24. The number of unbranched alkanes of at least 4 members (excludes halogenated alkanes) is 2. The lowest BCUT2D eigenvalue weighted by molar-refractivity contribution is -0.124. The van der Waals surface area contributed by atoms with Gasteiger partial charge in [-0.2, -0.15) is 0 Å². The molecule has 1 aliphatic heterocycles. The molecule has 1 rings (SSSR count). The number of nitrogens with one attached hydrogen (secondary N) is 2. The highest BCUT2D eigenvalue weighted by Gasteiger charge is 2.22. The topological polar surface area (TPSA) is 44.4 Å². The van der Waals surface area contributed by atoms with E-state index in [1.54, 1.807) is 0 Å². The lowest BCUT2D eigenvalue weighted by Crippen LogP contribution is -2.56. The predicted octanol–water partition coefficient (Wildman–Crippen LogP) is 0.196. The number of likely N-dealkylation sites (N-methyl/N-ethyl adjacent to an activating group) is 1. The Bertz CT molecular complexity index is 196. The van der Waals surface area contributed by atoms with Crippen molar-refractivity contribution in [3.63, 3.8) is 0 Å². The van der Waals surface area contributed by atoms with Gasteiger partial charge in [-0.3, -0.25) is 4.79 Å². The van der Waals surface area contributed by atoms with E-state index in [4.69, 9.17) is 0 Å². The van der Waals surface area contributed by atoms with Crippen LogP contribution in [-0.4, -0.2) is 50.1 Å². The predicted molar refractivity (Wildman–Crippen MR) is 61.8 cm³/mol. The highest BCUT2D eigenvalue weighted by molar-refractivity contribution is 5.82. The summed E-state index contributed by atoms with van der Waals surface area (Å²) in [4.78, 5) is 13.9. The molecule has 1 aliphatic rings. The number of rotatable bonds is 5. The molecule has 1 fully saturated rings. The molecule has 0 aromatic carbocycles. The molecule has 1 atom stereocenters. The van der Waals surface area contributed by atoms with E-state index in [9.17, 15) is 4.79 Å². The van der Waals surface area contributed by atoms with Crippen molar-refractivity contribution in [2.45, 2.75) is 32.2 Å². The molecular formula is C11H23N3O. The molecule has 2 N–H and O–H groups in total. The molecule has 0 aliphatic carbocycles. The van der Waals surface area contributed by atoms with Crippen molar-refractivity contribution in [1.29, 1.82) is 0 Å². The standard InChI is InChI=1S/C11H23N3O/c1-3-4-5-6-13-11(15)10-9-14(2)8-7-12-10/h10,12H,3-9H2,1-2H3,(H,13,15). The lowest BCUT2D eigenvalue weighted by Gasteiger charge is -2.29. The molecule has 15 heavy (non-hydrogen) atoms. The molecule has 1 saturated heterocycles. The summed E-state index contributed by atoms with van der Waals surface area (Å²) in [5.41, 5.74) is 0. The second-order valence-corrected chi connectivity index (χ2v) is 4.27. The third kappa shape index (κ3) is 4.62. The zero-order valence-corrected chi connectivity index (χ0v) is 9.88. The number of carbonyl (C=O) groups is 1. The molecule has 1 unspecified atom stereocenters. The van der Waals surface area contributed by atoms with Crippen LogP contribution in [0.1, 0.15) is 26.2 Å². The van der Waals surface area contributed by atoms with Gasteiger partial charge in [-0.15, -0.1) is 0 Å². The van der Waals surface area contributed by atoms with Crippen molar-refractivity contribution in [3.8, 4) is 0 Å². The maximum Gasteiger partial charge on any atom is 0.238 e. The van der Waals surface area contributed by atoms with E-state index in [1.807, 2.05) is 0 Å². The van der Waals surface area contributed by atoms with E-state index in [2.05, 4.69) is 29.5 Å². The molecule has 4 heteroatoms. The number of amides is 1. The van der Waals surface area contributed by atoms with Crippen molar-refractivity contribution in [2.75, 3.05) is 33.2 Å². The Kier molecular flexibility index (Phi) is 5.65. The van der Waals surface area contributed by atoms with Gasteiger partial charge in [0.2, 0.25) is 5.91 Å². The van der Waals surface area contributed by atoms with Crippen LogP contribution in [0.4, 0.5) is 0 Å². The number of nitrogens with zero attached hydrogens (tertiary/aromatic N) is 1. The minimum Gasteiger partial charge on any atom is -0.355 e. The van der Waals surface area contributed by atoms with Gasteiger partial charge < -0.3 is 15.5 Å². The van der Waals surface area contributed by atoms with Crippen molar-refractivity contribution in [2.24, 2.45) is 0 Å². The van der Waals surface area contributed by atoms with Gasteiger partial charge in [0.1, 0.15) is 0 Å². The fraction of sp³-hybridized carbons (Fsp3) is 0.909. The van der Waals surface area contributed by atoms with Crippen LogP contribution in [0.25, 0.3) is 0 Å². The smallest absolute Gasteiger partial charge is 0.238 e. The molecule has 1 amide bonds. The van der Waals surface area contributed by atoms with Gasteiger partial charge in [0.15, 0.2) is 0 Å². The second kappa shape index (κ2) is 6.80. The van der Waals surface area contributed by atoms with Crippen LogP contribution in [0, 0.1) is 0 Å². The summed E-state index contributed by atoms with van der Waals surface area (Å²) in [6.45, 7) is 5.73. The van der Waals surface area contributed by atoms with E-state index in [0.717, 1.165) is 32.6 Å². The molecule has 0 aromatic heterocycles. The zero-order chi connectivity index (χ0) is 11.1. The molecular weight excluding hydrogens is 190 g/mol. The Labute approximate surface area is 92.4 Å². The first-order valence-corrected chi connectivity index (χ1v) is 5.93. The minimum absolute atomic E-state index is 0.0228. The van der Waals surface area contributed by atoms with Gasteiger partial charge in [-0.05, 0) is 13.5 Å². The number of hydrogen-bond acceptors (Lipinski definition) is 3. The molecule has 0 aromatic rings. The summed E-state index contributed by atoms with van der Waals surface area (Å²) in [7, 11) is 2.05. The first kappa shape index (κ1) is 12.5. The summed E-state index contributed by atoms with van der Waals surface area (Å²) in [6.07, 6.45) is 3.48. The maximum atomic E-state index is 11.7. The molecule has 0 radical (unpaired) electrons. The number of hydrogen-bond donors (Lipinski definition) is 2. The van der Waals surface area contributed by atoms with Crippen LogP contribution in [0.15, 0.2) is 0 Å². The lowest BCUT2D eigenvalue weighted by atomic mass is 10.2. The number of carbonyl (C=O) groups excluding carboxylic acids is 1. The van der Waals surface area contributed by atoms with Crippen LogP contribution >= 0.6 is 0 Å². The maximum absolute atomic E-state index is 11.7. The Morgan fingerprint density at radius 3 is 3.00 bits per heavy atom. The second-order valence-electron chi connectivity index (χ2n) is 4.27. The monoisotopic (exact) mass is 213 g/mol. The van der Waals surface area contributed by atoms with Crippen LogP contribution in [0.2, 0.25) is 0 Å². The molecule has 0 bridgehead atoms. The quantitative estimate of drug-likeness (QED) is 0.641. The third-order valence-corrected chi connectivity index (χ3v) is 2.77. The molecule has 88 valence electrons. The Hall–Kier alpha value is -0.610. The SMILES string of the molecule is CCCCCNC(=O)C1CN(C)CCN1. The minimum atomic E-state index is -0.0228. The van der Waals surface area contributed by atoms with E-state index >= 15 is 0 Å². The fourth-order valence-electron chi connectivity index (χ4n) is 1.78. The van der Waals surface area contributed by atoms with Gasteiger partial charge >= 0.3 is 0 Å². The summed E-state index contributed by atoms with van der Waals surface area (Å²) >= 11 is 0. The van der Waals surface area contributed by atoms with E-state index in [1.165, 1.54) is 12.8 Å². The van der Waals surface area contributed by atoms with E-state index in [0.29, 0.717) is 0 Å². The van der Waals surface area contributed by atoms with Crippen LogP contribution in [0.3, 0.4) is 0 Å². The first-order valence-electron chi connectivity index (χ1n) is 5.93. The molecule has 4 nitrogen and oxygen atoms in total. The van der Waals surface area contributed by atoms with E-state index < -0.39 is 0 Å². The van der Waals surface area contributed by atoms with Gasteiger partial charge in [0.05, 0.1) is 6.04 Å². The zero-order valence-electron chi connectivity index (χ0n) is 9.88. The van der Waals surface area contributed by atoms with Crippen molar-refractivity contribution in [1.82, 2.24) is 15.5 Å². The third-order valence-electron chi connectivity index (χ3n) is 2.77. The Morgan fingerprint density at radius 1 is 1.53 bits per heavy atom. The molecule has 1 heterocycles. The van der Waals surface area contributed by atoms with Gasteiger partial charge in [0.25, 0.3) is 0 Å². The normalized spacial score (nSPS) is 22.7. The summed E-state index contributed by atoms with van der Waals surface area (Å²) < 4.78 is 0. The fourth-order valence-corrected chi connectivity index (χ4v) is 1.78. The van der Waals surface area contributed by atoms with Crippen LogP contribution in [-0.2, 0) is 4.79 Å². The Morgan fingerprint density at radius 2 is 2.33 bits per heavy atom. The van der Waals surface area contributed by atoms with E-state index in [-0.39, 0.29) is 11.9 Å². The van der Waals surface area contributed by atoms with Crippen molar-refractivity contribution in [3.05, 3.63) is 0 Å². The van der Waals surface area contributed by atoms with Crippen LogP contribution < -0.4 is 10.6 Å². The van der Waals surface area contributed by atoms with Crippen LogP contribution in [0.5, 0.6) is 0 Å². The average molecular weight is 213 g/mol. The van der Waals surface area contributed by atoms with Gasteiger partial charge in [0, 0.05) is 26.2 Å². The highest BCUT2D eigenvalue weighted by Crippen LogP contribution is 1.97. The Balaban J connectivity index is 2.15. The summed E-state index contributed by atoms with van der Waals surface area (Å²) in [6, 6.07) is -0.0228. The summed E-state index contributed by atoms with van der Waals surface area (Å²) in [5.74, 6) is 0.151. The highest BCUT2D eigenvalue weighted by atomic mass is 16.2. The van der Waals surface area contributed by atoms with Crippen molar-refractivity contribution < 1.29 is 4.79 Å². The van der Waals surface area contributed by atoms with Gasteiger partial charge in [-0.1, -0.05) is 19.8 Å². The largest absolute Gasteiger partial charge is 0.355 e. The molecule has 0 saturated carbocycles. The van der Waals surface area contributed by atoms with Gasteiger partial charge in [-0.25, -0.2) is 0 Å².